The van der Waals surface area contributed by atoms with E-state index in [2.05, 4.69) is 36.5 Å². The van der Waals surface area contributed by atoms with Gasteiger partial charge in [-0.3, -0.25) is 0 Å². The molecule has 0 radical (unpaired) electrons. The van der Waals surface area contributed by atoms with Crippen LogP contribution in [-0.2, 0) is 10.2 Å². The van der Waals surface area contributed by atoms with Crippen LogP contribution in [0, 0.1) is 0 Å². The van der Waals surface area contributed by atoms with Crippen LogP contribution in [0.2, 0.25) is 0 Å². The van der Waals surface area contributed by atoms with E-state index < -0.39 is 11.7 Å². The maximum absolute atomic E-state index is 11.9. The molecular formula is C19H26N2O2S. The van der Waals surface area contributed by atoms with Crippen molar-refractivity contribution in [2.75, 3.05) is 13.1 Å². The minimum Gasteiger partial charge on any atom is -0.444 e. The lowest BCUT2D eigenvalue weighted by Crippen LogP contribution is -2.44. The van der Waals surface area contributed by atoms with E-state index in [0.717, 1.165) is 4.88 Å². The zero-order chi connectivity index (χ0) is 17.8. The maximum Gasteiger partial charge on any atom is 0.407 e. The first-order valence-corrected chi connectivity index (χ1v) is 8.88. The van der Waals surface area contributed by atoms with Crippen LogP contribution in [0.15, 0.2) is 42.5 Å². The van der Waals surface area contributed by atoms with Crippen molar-refractivity contribution in [1.82, 2.24) is 5.32 Å². The van der Waals surface area contributed by atoms with Gasteiger partial charge in [0.05, 0.1) is 0 Å². The predicted molar refractivity (Wildman–Crippen MR) is 100 cm³/mol. The summed E-state index contributed by atoms with van der Waals surface area (Å²) >= 11 is 1.71. The molecule has 24 heavy (non-hydrogen) atoms. The number of hydrogen-bond donors (Lipinski definition) is 2. The first-order chi connectivity index (χ1) is 11.2. The van der Waals surface area contributed by atoms with Crippen LogP contribution >= 0.6 is 11.3 Å². The van der Waals surface area contributed by atoms with E-state index in [-0.39, 0.29) is 5.41 Å². The summed E-state index contributed by atoms with van der Waals surface area (Å²) in [5.74, 6) is 0. The lowest BCUT2D eigenvalue weighted by molar-refractivity contribution is 0.0517. The molecule has 2 rings (SSSR count). The Labute approximate surface area is 148 Å². The van der Waals surface area contributed by atoms with Crippen LogP contribution in [0.5, 0.6) is 0 Å². The molecule has 0 aliphatic heterocycles. The Morgan fingerprint density at radius 1 is 1.12 bits per heavy atom. The number of benzene rings is 1. The Morgan fingerprint density at radius 2 is 1.79 bits per heavy atom. The van der Waals surface area contributed by atoms with Crippen molar-refractivity contribution in [2.24, 2.45) is 5.73 Å². The maximum atomic E-state index is 11.9. The molecule has 3 N–H and O–H groups in total. The number of nitrogens with one attached hydrogen (secondary N) is 1. The number of ether oxygens (including phenoxy) is 1. The topological polar surface area (TPSA) is 64.3 Å². The lowest BCUT2D eigenvalue weighted by atomic mass is 9.89. The molecule has 1 aromatic heterocycles. The van der Waals surface area contributed by atoms with Crippen molar-refractivity contribution in [2.45, 2.75) is 38.7 Å². The van der Waals surface area contributed by atoms with Crippen LogP contribution in [0.1, 0.15) is 32.6 Å². The van der Waals surface area contributed by atoms with E-state index in [4.69, 9.17) is 10.5 Å². The molecular weight excluding hydrogens is 320 g/mol. The monoisotopic (exact) mass is 346 g/mol. The van der Waals surface area contributed by atoms with Gasteiger partial charge in [0.25, 0.3) is 0 Å². The number of carbonyl (C=O) groups excluding carboxylic acids is 1. The Hall–Kier alpha value is -1.85. The highest BCUT2D eigenvalue weighted by atomic mass is 32.1. The van der Waals surface area contributed by atoms with Crippen molar-refractivity contribution in [3.8, 4) is 10.4 Å². The summed E-state index contributed by atoms with van der Waals surface area (Å²) in [5.41, 5.74) is 6.37. The number of nitrogens with two attached hydrogens (primary N) is 1. The van der Waals surface area contributed by atoms with E-state index >= 15 is 0 Å². The summed E-state index contributed by atoms with van der Waals surface area (Å²) in [6.45, 7) is 8.48. The molecule has 0 saturated carbocycles. The Kier molecular flexibility index (Phi) is 5.67. The van der Waals surface area contributed by atoms with Crippen molar-refractivity contribution in [1.29, 1.82) is 0 Å². The van der Waals surface area contributed by atoms with Crippen LogP contribution < -0.4 is 11.1 Å². The summed E-state index contributed by atoms with van der Waals surface area (Å²) in [6.07, 6.45) is -0.415. The third kappa shape index (κ3) is 4.82. The van der Waals surface area contributed by atoms with Gasteiger partial charge in [-0.05, 0) is 38.5 Å². The number of rotatable bonds is 5. The molecule has 1 heterocycles. The van der Waals surface area contributed by atoms with Gasteiger partial charge in [0.2, 0.25) is 0 Å². The average Bonchev–Trinajstić information content (AvgIpc) is 3.02. The number of amides is 1. The van der Waals surface area contributed by atoms with Gasteiger partial charge < -0.3 is 15.8 Å². The van der Waals surface area contributed by atoms with Gasteiger partial charge in [-0.15, -0.1) is 11.3 Å². The van der Waals surface area contributed by atoms with E-state index in [1.165, 1.54) is 10.4 Å². The van der Waals surface area contributed by atoms with Gasteiger partial charge in [0.1, 0.15) is 5.60 Å². The summed E-state index contributed by atoms with van der Waals surface area (Å²) in [7, 11) is 0. The normalized spacial score (nSPS) is 14.0. The summed E-state index contributed by atoms with van der Waals surface area (Å²) in [6, 6.07) is 14.4. The zero-order valence-electron chi connectivity index (χ0n) is 14.8. The number of hydrogen-bond acceptors (Lipinski definition) is 4. The van der Waals surface area contributed by atoms with E-state index in [9.17, 15) is 4.79 Å². The van der Waals surface area contributed by atoms with Crippen LogP contribution in [0.3, 0.4) is 0 Å². The van der Waals surface area contributed by atoms with Crippen molar-refractivity contribution in [3.63, 3.8) is 0 Å². The van der Waals surface area contributed by atoms with Crippen LogP contribution in [-0.4, -0.2) is 24.8 Å². The second-order valence-corrected chi connectivity index (χ2v) is 8.23. The van der Waals surface area contributed by atoms with Crippen LogP contribution in [0.4, 0.5) is 4.79 Å². The van der Waals surface area contributed by atoms with Gasteiger partial charge in [0.15, 0.2) is 0 Å². The molecule has 0 aliphatic carbocycles. The highest BCUT2D eigenvalue weighted by Crippen LogP contribution is 2.34. The predicted octanol–water partition coefficient (Wildman–Crippen LogP) is 4.16. The smallest absolute Gasteiger partial charge is 0.407 e. The molecule has 130 valence electrons. The molecule has 1 amide bonds. The fourth-order valence-corrected chi connectivity index (χ4v) is 3.43. The molecule has 1 atom stereocenters. The second kappa shape index (κ2) is 7.36. The van der Waals surface area contributed by atoms with E-state index in [1.807, 2.05) is 39.0 Å². The van der Waals surface area contributed by atoms with Gasteiger partial charge in [-0.25, -0.2) is 4.79 Å². The summed E-state index contributed by atoms with van der Waals surface area (Å²) in [4.78, 5) is 14.3. The minimum absolute atomic E-state index is 0.325. The first-order valence-electron chi connectivity index (χ1n) is 8.06. The number of carbonyl (C=O) groups is 1. The highest BCUT2D eigenvalue weighted by molar-refractivity contribution is 7.15. The molecule has 0 bridgehead atoms. The average molecular weight is 346 g/mol. The molecule has 4 nitrogen and oxygen atoms in total. The molecule has 1 aromatic carbocycles. The van der Waals surface area contributed by atoms with E-state index in [0.29, 0.717) is 13.1 Å². The standard InChI is InChI=1S/C19H26N2O2S/c1-18(2,3)23-17(22)21-13-19(4,12-20)16-11-10-15(24-16)14-8-6-5-7-9-14/h5-11H,12-13,20H2,1-4H3,(H,21,22). The van der Waals surface area contributed by atoms with Gasteiger partial charge in [-0.2, -0.15) is 0 Å². The molecule has 0 saturated heterocycles. The van der Waals surface area contributed by atoms with Crippen molar-refractivity contribution < 1.29 is 9.53 Å². The van der Waals surface area contributed by atoms with E-state index in [1.54, 1.807) is 11.3 Å². The third-order valence-corrected chi connectivity index (χ3v) is 5.17. The lowest BCUT2D eigenvalue weighted by Gasteiger charge is -2.28. The minimum atomic E-state index is -0.507. The Bertz CT molecular complexity index is 676. The first kappa shape index (κ1) is 18.5. The molecule has 2 aromatic rings. The number of thiophene rings is 1. The molecule has 0 aliphatic rings. The zero-order valence-corrected chi connectivity index (χ0v) is 15.6. The van der Waals surface area contributed by atoms with Gasteiger partial charge in [-0.1, -0.05) is 37.3 Å². The van der Waals surface area contributed by atoms with Gasteiger partial charge in [0, 0.05) is 28.3 Å². The Balaban J connectivity index is 2.09. The molecule has 1 unspecified atom stereocenters. The van der Waals surface area contributed by atoms with Crippen molar-refractivity contribution in [3.05, 3.63) is 47.3 Å². The molecule has 5 heteroatoms. The van der Waals surface area contributed by atoms with Crippen molar-refractivity contribution >= 4 is 17.4 Å². The summed E-state index contributed by atoms with van der Waals surface area (Å²) < 4.78 is 5.30. The largest absolute Gasteiger partial charge is 0.444 e. The van der Waals surface area contributed by atoms with Gasteiger partial charge >= 0.3 is 6.09 Å². The fraction of sp³-hybridized carbons (Fsp3) is 0.421. The fourth-order valence-electron chi connectivity index (χ4n) is 2.26. The third-order valence-electron chi connectivity index (χ3n) is 3.73. The quantitative estimate of drug-likeness (QED) is 0.854. The molecule has 0 spiro atoms. The summed E-state index contributed by atoms with van der Waals surface area (Å²) in [5, 5.41) is 2.84. The Morgan fingerprint density at radius 3 is 2.38 bits per heavy atom. The van der Waals surface area contributed by atoms with Crippen LogP contribution in [0.25, 0.3) is 10.4 Å². The SMILES string of the molecule is CC(C)(C)OC(=O)NCC(C)(CN)c1ccc(-c2ccccc2)s1. The highest BCUT2D eigenvalue weighted by Gasteiger charge is 2.28. The number of alkyl carbamates (subject to hydrolysis) is 1. The second-order valence-electron chi connectivity index (χ2n) is 7.15. The molecule has 0 fully saturated rings.